The molecule has 0 amide bonds. The van der Waals surface area contributed by atoms with Gasteiger partial charge in [0.2, 0.25) is 0 Å². The van der Waals surface area contributed by atoms with E-state index in [-0.39, 0.29) is 5.97 Å². The number of ether oxygens (including phenoxy) is 1. The molecule has 0 radical (unpaired) electrons. The fourth-order valence-corrected chi connectivity index (χ4v) is 1.56. The van der Waals surface area contributed by atoms with Crippen LogP contribution in [0.1, 0.15) is 25.0 Å². The molecule has 86 valence electrons. The number of hydrogen-bond donors (Lipinski definition) is 0. The second kappa shape index (κ2) is 5.85. The summed E-state index contributed by atoms with van der Waals surface area (Å²) in [4.78, 5) is 11.4. The number of esters is 1. The Morgan fingerprint density at radius 2 is 2.19 bits per heavy atom. The Morgan fingerprint density at radius 1 is 1.50 bits per heavy atom. The van der Waals surface area contributed by atoms with Crippen molar-refractivity contribution in [2.75, 3.05) is 6.61 Å². The smallest absolute Gasteiger partial charge is 0.333 e. The van der Waals surface area contributed by atoms with Gasteiger partial charge in [-0.15, -0.1) is 0 Å². The molecule has 0 spiro atoms. The summed E-state index contributed by atoms with van der Waals surface area (Å²) < 4.78 is 5.98. The van der Waals surface area contributed by atoms with E-state index in [1.807, 2.05) is 31.2 Å². The molecule has 1 aromatic carbocycles. The van der Waals surface area contributed by atoms with Gasteiger partial charge in [0, 0.05) is 10.0 Å². The third-order valence-electron chi connectivity index (χ3n) is 2.16. The molecule has 0 atom stereocenters. The zero-order chi connectivity index (χ0) is 12.1. The van der Waals surface area contributed by atoms with Crippen LogP contribution in [0.25, 0.3) is 6.08 Å². The van der Waals surface area contributed by atoms with Gasteiger partial charge in [-0.2, -0.15) is 0 Å². The molecule has 0 aromatic heterocycles. The van der Waals surface area contributed by atoms with Crippen LogP contribution in [-0.4, -0.2) is 12.6 Å². The minimum atomic E-state index is -0.261. The molecule has 0 fully saturated rings. The van der Waals surface area contributed by atoms with Crippen LogP contribution in [0.2, 0.25) is 0 Å². The maximum absolute atomic E-state index is 11.4. The topological polar surface area (TPSA) is 26.3 Å². The lowest BCUT2D eigenvalue weighted by atomic mass is 10.1. The molecule has 0 aliphatic heterocycles. The molecule has 3 heteroatoms. The maximum Gasteiger partial charge on any atom is 0.333 e. The Labute approximate surface area is 104 Å². The monoisotopic (exact) mass is 282 g/mol. The van der Waals surface area contributed by atoms with Crippen molar-refractivity contribution in [2.24, 2.45) is 0 Å². The number of carbonyl (C=O) groups is 1. The molecule has 0 N–H and O–H groups in total. The number of aryl methyl sites for hydroxylation is 1. The lowest BCUT2D eigenvalue weighted by Gasteiger charge is -2.03. The van der Waals surface area contributed by atoms with Gasteiger partial charge in [-0.05, 0) is 44.0 Å². The zero-order valence-electron chi connectivity index (χ0n) is 9.71. The summed E-state index contributed by atoms with van der Waals surface area (Å²) in [6, 6.07) is 5.95. The van der Waals surface area contributed by atoms with Crippen LogP contribution in [0.3, 0.4) is 0 Å². The summed E-state index contributed by atoms with van der Waals surface area (Å²) in [7, 11) is 0. The minimum Gasteiger partial charge on any atom is -0.463 e. The molecule has 0 bridgehead atoms. The van der Waals surface area contributed by atoms with Crippen LogP contribution >= 0.6 is 15.9 Å². The first-order valence-corrected chi connectivity index (χ1v) is 5.95. The Bertz CT molecular complexity index is 422. The molecule has 0 unspecified atom stereocenters. The van der Waals surface area contributed by atoms with Crippen molar-refractivity contribution in [3.8, 4) is 0 Å². The average molecular weight is 283 g/mol. The predicted octanol–water partition coefficient (Wildman–Crippen LogP) is 3.72. The van der Waals surface area contributed by atoms with E-state index in [1.54, 1.807) is 13.8 Å². The van der Waals surface area contributed by atoms with E-state index < -0.39 is 0 Å². The van der Waals surface area contributed by atoms with Crippen LogP contribution in [0.5, 0.6) is 0 Å². The SMILES string of the molecule is CCOC(=O)/C(C)=C/c1ccc(Br)c(C)c1. The third kappa shape index (κ3) is 3.49. The molecule has 2 nitrogen and oxygen atoms in total. The van der Waals surface area contributed by atoms with Crippen LogP contribution in [0, 0.1) is 6.92 Å². The van der Waals surface area contributed by atoms with Gasteiger partial charge >= 0.3 is 5.97 Å². The van der Waals surface area contributed by atoms with Gasteiger partial charge in [-0.1, -0.05) is 28.1 Å². The summed E-state index contributed by atoms with van der Waals surface area (Å²) in [6.07, 6.45) is 1.83. The van der Waals surface area contributed by atoms with Gasteiger partial charge < -0.3 is 4.74 Å². The summed E-state index contributed by atoms with van der Waals surface area (Å²) in [5, 5.41) is 0. The minimum absolute atomic E-state index is 0.261. The molecule has 1 aromatic rings. The second-order valence-electron chi connectivity index (χ2n) is 3.56. The van der Waals surface area contributed by atoms with E-state index in [2.05, 4.69) is 15.9 Å². The highest BCUT2D eigenvalue weighted by Crippen LogP contribution is 2.18. The first-order chi connectivity index (χ1) is 7.54. The fourth-order valence-electron chi connectivity index (χ4n) is 1.31. The first kappa shape index (κ1) is 13.0. The fraction of sp³-hybridized carbons (Fsp3) is 0.308. The lowest BCUT2D eigenvalue weighted by Crippen LogP contribution is -2.04. The van der Waals surface area contributed by atoms with Gasteiger partial charge in [-0.25, -0.2) is 4.79 Å². The quantitative estimate of drug-likeness (QED) is 0.624. The summed E-state index contributed by atoms with van der Waals surface area (Å²) in [5.41, 5.74) is 2.76. The number of carbonyl (C=O) groups excluding carboxylic acids is 1. The van der Waals surface area contributed by atoms with Gasteiger partial charge in [0.25, 0.3) is 0 Å². The molecular weight excluding hydrogens is 268 g/mol. The summed E-state index contributed by atoms with van der Waals surface area (Å²) >= 11 is 3.44. The van der Waals surface area contributed by atoms with Crippen LogP contribution in [-0.2, 0) is 9.53 Å². The molecule has 0 heterocycles. The van der Waals surface area contributed by atoms with Crippen molar-refractivity contribution in [2.45, 2.75) is 20.8 Å². The average Bonchev–Trinajstić information content (AvgIpc) is 2.24. The van der Waals surface area contributed by atoms with Crippen molar-refractivity contribution in [3.63, 3.8) is 0 Å². The Balaban J connectivity index is 2.89. The Kier molecular flexibility index (Phi) is 4.74. The van der Waals surface area contributed by atoms with Crippen molar-refractivity contribution in [1.82, 2.24) is 0 Å². The van der Waals surface area contributed by atoms with Crippen LogP contribution in [0.4, 0.5) is 0 Å². The standard InChI is InChI=1S/C13H15BrO2/c1-4-16-13(15)10(3)8-11-5-6-12(14)9(2)7-11/h5-8H,4H2,1-3H3/b10-8+. The number of rotatable bonds is 3. The second-order valence-corrected chi connectivity index (χ2v) is 4.41. The van der Waals surface area contributed by atoms with E-state index in [1.165, 1.54) is 0 Å². The normalized spacial score (nSPS) is 11.4. The lowest BCUT2D eigenvalue weighted by molar-refractivity contribution is -0.138. The van der Waals surface area contributed by atoms with Crippen molar-refractivity contribution in [1.29, 1.82) is 0 Å². The van der Waals surface area contributed by atoms with Crippen LogP contribution in [0.15, 0.2) is 28.2 Å². The number of halogens is 1. The van der Waals surface area contributed by atoms with E-state index in [0.717, 1.165) is 15.6 Å². The van der Waals surface area contributed by atoms with Gasteiger partial charge in [-0.3, -0.25) is 0 Å². The molecule has 16 heavy (non-hydrogen) atoms. The Hall–Kier alpha value is -1.09. The molecule has 0 saturated heterocycles. The summed E-state index contributed by atoms with van der Waals surface area (Å²) in [6.45, 7) is 5.98. The highest BCUT2D eigenvalue weighted by Gasteiger charge is 2.04. The van der Waals surface area contributed by atoms with Gasteiger partial charge in [0.15, 0.2) is 0 Å². The molecule has 0 saturated carbocycles. The predicted molar refractivity (Wildman–Crippen MR) is 69.2 cm³/mol. The van der Waals surface area contributed by atoms with Gasteiger partial charge in [0.1, 0.15) is 0 Å². The molecule has 1 rings (SSSR count). The largest absolute Gasteiger partial charge is 0.463 e. The number of benzene rings is 1. The maximum atomic E-state index is 11.4. The van der Waals surface area contributed by atoms with E-state index in [9.17, 15) is 4.79 Å². The van der Waals surface area contributed by atoms with Gasteiger partial charge in [0.05, 0.1) is 6.61 Å². The van der Waals surface area contributed by atoms with Crippen molar-refractivity contribution in [3.05, 3.63) is 39.4 Å². The zero-order valence-corrected chi connectivity index (χ0v) is 11.3. The highest BCUT2D eigenvalue weighted by atomic mass is 79.9. The van der Waals surface area contributed by atoms with E-state index >= 15 is 0 Å². The molecule has 0 aliphatic carbocycles. The molecule has 0 aliphatic rings. The number of hydrogen-bond acceptors (Lipinski definition) is 2. The first-order valence-electron chi connectivity index (χ1n) is 5.16. The molecular formula is C13H15BrO2. The van der Waals surface area contributed by atoms with E-state index in [4.69, 9.17) is 4.74 Å². The highest BCUT2D eigenvalue weighted by molar-refractivity contribution is 9.10. The van der Waals surface area contributed by atoms with Crippen LogP contribution < -0.4 is 0 Å². The van der Waals surface area contributed by atoms with Crippen molar-refractivity contribution >= 4 is 28.0 Å². The van der Waals surface area contributed by atoms with Crippen molar-refractivity contribution < 1.29 is 9.53 Å². The third-order valence-corrected chi connectivity index (χ3v) is 3.05. The summed E-state index contributed by atoms with van der Waals surface area (Å²) in [5.74, 6) is -0.261. The van der Waals surface area contributed by atoms with E-state index in [0.29, 0.717) is 12.2 Å². The Morgan fingerprint density at radius 3 is 2.75 bits per heavy atom.